The second kappa shape index (κ2) is 9.93. The molecule has 0 aliphatic heterocycles. The summed E-state index contributed by atoms with van der Waals surface area (Å²) in [5, 5.41) is 8.67. The Labute approximate surface area is 169 Å². The maximum atomic E-state index is 12.8. The van der Waals surface area contributed by atoms with E-state index in [1.165, 1.54) is 4.68 Å². The van der Waals surface area contributed by atoms with Gasteiger partial charge < -0.3 is 10.1 Å². The molecule has 2 heterocycles. The van der Waals surface area contributed by atoms with Crippen LogP contribution in [0, 0.1) is 0 Å². The highest BCUT2D eigenvalue weighted by Crippen LogP contribution is 2.16. The van der Waals surface area contributed by atoms with Crippen molar-refractivity contribution in [1.29, 1.82) is 0 Å². The number of carbonyl (C=O) groups excluding carboxylic acids is 1. The van der Waals surface area contributed by atoms with Gasteiger partial charge in [0.05, 0.1) is 17.2 Å². The number of ether oxygens (including phenoxy) is 1. The van der Waals surface area contributed by atoms with E-state index in [0.29, 0.717) is 25.0 Å². The van der Waals surface area contributed by atoms with Crippen LogP contribution in [0.25, 0.3) is 10.8 Å². The van der Waals surface area contributed by atoms with E-state index in [1.54, 1.807) is 18.5 Å². The second-order valence-electron chi connectivity index (χ2n) is 7.12. The van der Waals surface area contributed by atoms with Crippen LogP contribution >= 0.6 is 0 Å². The standard InChI is InChI=1S/C22H26N4O3/c1-16(2)29-12-6-11-24-21(27)15-26-22(28)19-9-4-3-8-18(19)20(25-26)13-17-7-5-10-23-14-17/h3-5,7-10,14,16H,6,11-13,15H2,1-2H3,(H,24,27). The molecule has 1 aromatic carbocycles. The molecule has 0 saturated carbocycles. The van der Waals surface area contributed by atoms with E-state index in [2.05, 4.69) is 15.4 Å². The van der Waals surface area contributed by atoms with Gasteiger partial charge in [0.1, 0.15) is 6.54 Å². The Bertz CT molecular complexity index is 1020. The zero-order valence-corrected chi connectivity index (χ0v) is 16.8. The molecule has 0 radical (unpaired) electrons. The fraction of sp³-hybridized carbons (Fsp3) is 0.364. The lowest BCUT2D eigenvalue weighted by Gasteiger charge is -2.12. The molecule has 3 rings (SSSR count). The molecule has 1 N–H and O–H groups in total. The number of carbonyl (C=O) groups is 1. The van der Waals surface area contributed by atoms with Gasteiger partial charge >= 0.3 is 0 Å². The van der Waals surface area contributed by atoms with E-state index in [0.717, 1.165) is 23.1 Å². The van der Waals surface area contributed by atoms with Crippen molar-refractivity contribution in [2.24, 2.45) is 0 Å². The van der Waals surface area contributed by atoms with Crippen molar-refractivity contribution >= 4 is 16.7 Å². The van der Waals surface area contributed by atoms with E-state index in [-0.39, 0.29) is 24.1 Å². The van der Waals surface area contributed by atoms with E-state index >= 15 is 0 Å². The first-order chi connectivity index (χ1) is 14.0. The minimum absolute atomic E-state index is 0.116. The van der Waals surface area contributed by atoms with Gasteiger partial charge in [-0.25, -0.2) is 4.68 Å². The summed E-state index contributed by atoms with van der Waals surface area (Å²) in [7, 11) is 0. The molecule has 7 heteroatoms. The molecular formula is C22H26N4O3. The summed E-state index contributed by atoms with van der Waals surface area (Å²) in [5.74, 6) is -0.244. The van der Waals surface area contributed by atoms with Gasteiger partial charge in [-0.3, -0.25) is 14.6 Å². The van der Waals surface area contributed by atoms with Gasteiger partial charge in [0.2, 0.25) is 5.91 Å². The van der Waals surface area contributed by atoms with Gasteiger partial charge in [-0.1, -0.05) is 24.3 Å². The molecule has 3 aromatic rings. The third kappa shape index (κ3) is 5.71. The van der Waals surface area contributed by atoms with Crippen LogP contribution in [0.4, 0.5) is 0 Å². The maximum Gasteiger partial charge on any atom is 0.275 e. The SMILES string of the molecule is CC(C)OCCCNC(=O)Cn1nc(Cc2cccnc2)c2ccccc2c1=O. The first-order valence-electron chi connectivity index (χ1n) is 9.80. The number of nitrogens with one attached hydrogen (secondary N) is 1. The van der Waals surface area contributed by atoms with Crippen LogP contribution in [0.15, 0.2) is 53.6 Å². The molecule has 0 fully saturated rings. The van der Waals surface area contributed by atoms with Crippen LogP contribution in [0.5, 0.6) is 0 Å². The molecule has 0 aliphatic carbocycles. The fourth-order valence-electron chi connectivity index (χ4n) is 3.05. The highest BCUT2D eigenvalue weighted by Gasteiger charge is 2.13. The molecule has 0 aliphatic rings. The second-order valence-corrected chi connectivity index (χ2v) is 7.12. The number of aromatic nitrogens is 3. The molecule has 0 bridgehead atoms. The van der Waals surface area contributed by atoms with Crippen molar-refractivity contribution in [3.8, 4) is 0 Å². The van der Waals surface area contributed by atoms with Crippen LogP contribution in [0.3, 0.4) is 0 Å². The summed E-state index contributed by atoms with van der Waals surface area (Å²) in [6.07, 6.45) is 4.91. The number of rotatable bonds is 9. The van der Waals surface area contributed by atoms with E-state index < -0.39 is 0 Å². The van der Waals surface area contributed by atoms with E-state index in [9.17, 15) is 9.59 Å². The average Bonchev–Trinajstić information content (AvgIpc) is 2.72. The normalized spacial score (nSPS) is 11.1. The zero-order valence-electron chi connectivity index (χ0n) is 16.8. The molecule has 7 nitrogen and oxygen atoms in total. The summed E-state index contributed by atoms with van der Waals surface area (Å²) in [4.78, 5) is 29.3. The van der Waals surface area contributed by atoms with Crippen LogP contribution in [-0.2, 0) is 22.5 Å². The van der Waals surface area contributed by atoms with Crippen LogP contribution in [0.2, 0.25) is 0 Å². The van der Waals surface area contributed by atoms with E-state index in [1.807, 2.05) is 44.2 Å². The van der Waals surface area contributed by atoms with E-state index in [4.69, 9.17) is 4.74 Å². The minimum atomic E-state index is -0.270. The summed E-state index contributed by atoms with van der Waals surface area (Å²) < 4.78 is 6.70. The third-order valence-corrected chi connectivity index (χ3v) is 4.43. The minimum Gasteiger partial charge on any atom is -0.379 e. The van der Waals surface area contributed by atoms with Gasteiger partial charge in [-0.15, -0.1) is 0 Å². The Morgan fingerprint density at radius 3 is 2.69 bits per heavy atom. The van der Waals surface area contributed by atoms with Gasteiger partial charge in [0.15, 0.2) is 0 Å². The van der Waals surface area contributed by atoms with Crippen LogP contribution in [0.1, 0.15) is 31.5 Å². The summed E-state index contributed by atoms with van der Waals surface area (Å²) in [6, 6.07) is 11.2. The lowest BCUT2D eigenvalue weighted by molar-refractivity contribution is -0.121. The molecule has 152 valence electrons. The Morgan fingerprint density at radius 1 is 1.17 bits per heavy atom. The summed E-state index contributed by atoms with van der Waals surface area (Å²) >= 11 is 0. The number of amides is 1. The molecule has 1 amide bonds. The fourth-order valence-corrected chi connectivity index (χ4v) is 3.05. The smallest absolute Gasteiger partial charge is 0.275 e. The highest BCUT2D eigenvalue weighted by atomic mass is 16.5. The Kier molecular flexibility index (Phi) is 7.08. The largest absolute Gasteiger partial charge is 0.379 e. The lowest BCUT2D eigenvalue weighted by Crippen LogP contribution is -2.35. The quantitative estimate of drug-likeness (QED) is 0.563. The van der Waals surface area contributed by atoms with Crippen molar-refractivity contribution in [2.45, 2.75) is 39.3 Å². The van der Waals surface area contributed by atoms with Gasteiger partial charge in [-0.05, 0) is 38.0 Å². The van der Waals surface area contributed by atoms with Crippen molar-refractivity contribution < 1.29 is 9.53 Å². The number of pyridine rings is 1. The van der Waals surface area contributed by atoms with Crippen molar-refractivity contribution in [3.05, 3.63) is 70.4 Å². The predicted octanol–water partition coefficient (Wildman–Crippen LogP) is 2.31. The number of hydrogen-bond acceptors (Lipinski definition) is 5. The topological polar surface area (TPSA) is 86.1 Å². The average molecular weight is 394 g/mol. The highest BCUT2D eigenvalue weighted by molar-refractivity contribution is 5.84. The molecule has 2 aromatic heterocycles. The maximum absolute atomic E-state index is 12.8. The molecule has 0 saturated heterocycles. The Hall–Kier alpha value is -3.06. The number of hydrogen-bond donors (Lipinski definition) is 1. The molecule has 0 unspecified atom stereocenters. The molecule has 0 spiro atoms. The monoisotopic (exact) mass is 394 g/mol. The molecule has 29 heavy (non-hydrogen) atoms. The van der Waals surface area contributed by atoms with Gasteiger partial charge in [-0.2, -0.15) is 5.10 Å². The Balaban J connectivity index is 1.76. The molecule has 0 atom stereocenters. The number of fused-ring (bicyclic) bond motifs is 1. The zero-order chi connectivity index (χ0) is 20.6. The number of nitrogens with zero attached hydrogens (tertiary/aromatic N) is 3. The predicted molar refractivity (Wildman–Crippen MR) is 112 cm³/mol. The van der Waals surface area contributed by atoms with Crippen molar-refractivity contribution in [1.82, 2.24) is 20.1 Å². The number of benzene rings is 1. The van der Waals surface area contributed by atoms with Gasteiger partial charge in [0, 0.05) is 37.4 Å². The Morgan fingerprint density at radius 2 is 1.97 bits per heavy atom. The van der Waals surface area contributed by atoms with Crippen molar-refractivity contribution in [2.75, 3.05) is 13.2 Å². The van der Waals surface area contributed by atoms with Crippen LogP contribution < -0.4 is 10.9 Å². The first-order valence-corrected chi connectivity index (χ1v) is 9.80. The lowest BCUT2D eigenvalue weighted by atomic mass is 10.1. The van der Waals surface area contributed by atoms with Crippen LogP contribution in [-0.4, -0.2) is 39.9 Å². The molecular weight excluding hydrogens is 368 g/mol. The van der Waals surface area contributed by atoms with Crippen molar-refractivity contribution in [3.63, 3.8) is 0 Å². The third-order valence-electron chi connectivity index (χ3n) is 4.43. The summed E-state index contributed by atoms with van der Waals surface area (Å²) in [6.45, 7) is 4.91. The summed E-state index contributed by atoms with van der Waals surface area (Å²) in [5.41, 5.74) is 1.46. The van der Waals surface area contributed by atoms with Gasteiger partial charge in [0.25, 0.3) is 5.56 Å². The first kappa shape index (κ1) is 20.7.